The lowest BCUT2D eigenvalue weighted by molar-refractivity contribution is -0.133. The summed E-state index contributed by atoms with van der Waals surface area (Å²) < 4.78 is 1.48. The van der Waals surface area contributed by atoms with E-state index in [1.54, 1.807) is 6.20 Å². The molecule has 2 aromatic heterocycles. The molecule has 0 aliphatic rings. The van der Waals surface area contributed by atoms with Crippen molar-refractivity contribution in [3.63, 3.8) is 0 Å². The lowest BCUT2D eigenvalue weighted by atomic mass is 10.2. The molecule has 0 fully saturated rings. The first-order valence-electron chi connectivity index (χ1n) is 5.72. The number of thioether (sulfide) groups is 1. The van der Waals surface area contributed by atoms with Crippen LogP contribution in [0.25, 0.3) is 16.6 Å². The van der Waals surface area contributed by atoms with Crippen LogP contribution in [0.3, 0.4) is 0 Å². The molecule has 0 aliphatic heterocycles. The topological polar surface area (TPSA) is 93.8 Å². The zero-order valence-electron chi connectivity index (χ0n) is 10.2. The monoisotopic (exact) mass is 287 g/mol. The van der Waals surface area contributed by atoms with Gasteiger partial charge >= 0.3 is 5.97 Å². The maximum atomic E-state index is 10.6. The molecule has 0 aliphatic carbocycles. The molecule has 3 aromatic rings. The Kier molecular flexibility index (Phi) is 3.30. The van der Waals surface area contributed by atoms with E-state index in [0.717, 1.165) is 22.7 Å². The molecule has 3 rings (SSSR count). The van der Waals surface area contributed by atoms with Gasteiger partial charge in [0.2, 0.25) is 5.16 Å². The number of hydrogen-bond donors (Lipinski definition) is 1. The number of nitrogens with zero attached hydrogens (tertiary/aromatic N) is 5. The fourth-order valence-electron chi connectivity index (χ4n) is 1.73. The number of fused-ring (bicyclic) bond motifs is 1. The van der Waals surface area contributed by atoms with Gasteiger partial charge < -0.3 is 5.11 Å². The van der Waals surface area contributed by atoms with Gasteiger partial charge in [-0.05, 0) is 22.6 Å². The number of carboxylic acid groups (broad SMARTS) is 1. The lowest BCUT2D eigenvalue weighted by Gasteiger charge is -2.04. The average Bonchev–Trinajstić information content (AvgIpc) is 2.93. The summed E-state index contributed by atoms with van der Waals surface area (Å²) in [5.41, 5.74) is 1.57. The second kappa shape index (κ2) is 5.25. The van der Waals surface area contributed by atoms with Crippen LogP contribution in [0.5, 0.6) is 0 Å². The first-order valence-corrected chi connectivity index (χ1v) is 6.71. The van der Waals surface area contributed by atoms with E-state index in [9.17, 15) is 4.79 Å². The van der Waals surface area contributed by atoms with Gasteiger partial charge in [-0.3, -0.25) is 9.78 Å². The second-order valence-electron chi connectivity index (χ2n) is 3.94. The standard InChI is InChI=1S/C12H9N5O2S/c18-11(19)7-20-12-14-15-16-17(12)9-5-8-3-1-2-4-10(8)13-6-9/h1-6H,7H2,(H,18,19). The molecule has 0 bridgehead atoms. The third-order valence-corrected chi connectivity index (χ3v) is 3.49. The number of aliphatic carboxylic acids is 1. The van der Waals surface area contributed by atoms with Crippen molar-refractivity contribution in [3.05, 3.63) is 36.5 Å². The maximum absolute atomic E-state index is 10.6. The number of carbonyl (C=O) groups is 1. The van der Waals surface area contributed by atoms with Crippen molar-refractivity contribution in [1.82, 2.24) is 25.2 Å². The van der Waals surface area contributed by atoms with Crippen LogP contribution in [0.1, 0.15) is 0 Å². The highest BCUT2D eigenvalue weighted by Crippen LogP contribution is 2.20. The number of hydrogen-bond acceptors (Lipinski definition) is 6. The number of para-hydroxylation sites is 1. The van der Waals surface area contributed by atoms with Crippen LogP contribution >= 0.6 is 11.8 Å². The first-order chi connectivity index (χ1) is 9.74. The van der Waals surface area contributed by atoms with Gasteiger partial charge in [0.25, 0.3) is 0 Å². The van der Waals surface area contributed by atoms with Crippen molar-refractivity contribution in [1.29, 1.82) is 0 Å². The quantitative estimate of drug-likeness (QED) is 0.724. The number of carboxylic acids is 1. The van der Waals surface area contributed by atoms with Crippen LogP contribution in [0, 0.1) is 0 Å². The van der Waals surface area contributed by atoms with Crippen molar-refractivity contribution in [2.45, 2.75) is 5.16 Å². The molecule has 0 amide bonds. The van der Waals surface area contributed by atoms with Crippen molar-refractivity contribution < 1.29 is 9.90 Å². The van der Waals surface area contributed by atoms with E-state index in [4.69, 9.17) is 5.11 Å². The predicted octanol–water partition coefficient (Wildman–Crippen LogP) is 1.39. The molecule has 7 nitrogen and oxygen atoms in total. The number of tetrazole rings is 1. The van der Waals surface area contributed by atoms with Gasteiger partial charge in [0.1, 0.15) is 0 Å². The highest BCUT2D eigenvalue weighted by atomic mass is 32.2. The van der Waals surface area contributed by atoms with Gasteiger partial charge in [-0.25, -0.2) is 0 Å². The fraction of sp³-hybridized carbons (Fsp3) is 0.0833. The number of pyridine rings is 1. The van der Waals surface area contributed by atoms with Gasteiger partial charge in [0.05, 0.1) is 23.2 Å². The molecule has 8 heteroatoms. The molecular formula is C12H9N5O2S. The molecule has 1 aromatic carbocycles. The summed E-state index contributed by atoms with van der Waals surface area (Å²) >= 11 is 1.06. The molecule has 0 atom stereocenters. The highest BCUT2D eigenvalue weighted by Gasteiger charge is 2.11. The van der Waals surface area contributed by atoms with E-state index in [0.29, 0.717) is 10.8 Å². The normalized spacial score (nSPS) is 10.8. The molecule has 20 heavy (non-hydrogen) atoms. The van der Waals surface area contributed by atoms with E-state index in [1.807, 2.05) is 30.3 Å². The Hall–Kier alpha value is -2.48. The molecule has 0 saturated carbocycles. The molecule has 0 spiro atoms. The van der Waals surface area contributed by atoms with Crippen LogP contribution in [-0.4, -0.2) is 42.0 Å². The van der Waals surface area contributed by atoms with E-state index in [2.05, 4.69) is 20.5 Å². The number of benzene rings is 1. The minimum atomic E-state index is -0.916. The largest absolute Gasteiger partial charge is 0.481 e. The summed E-state index contributed by atoms with van der Waals surface area (Å²) in [4.78, 5) is 14.9. The lowest BCUT2D eigenvalue weighted by Crippen LogP contribution is -2.03. The van der Waals surface area contributed by atoms with Crippen LogP contribution in [-0.2, 0) is 4.79 Å². The van der Waals surface area contributed by atoms with Crippen molar-refractivity contribution in [3.8, 4) is 5.69 Å². The minimum absolute atomic E-state index is 0.0959. The number of aromatic nitrogens is 5. The van der Waals surface area contributed by atoms with Crippen molar-refractivity contribution in [2.75, 3.05) is 5.75 Å². The summed E-state index contributed by atoms with van der Waals surface area (Å²) in [6.45, 7) is 0. The molecule has 0 radical (unpaired) electrons. The van der Waals surface area contributed by atoms with Crippen molar-refractivity contribution >= 4 is 28.6 Å². The number of rotatable bonds is 4. The Morgan fingerprint density at radius 3 is 3.05 bits per heavy atom. The smallest absolute Gasteiger partial charge is 0.313 e. The second-order valence-corrected chi connectivity index (χ2v) is 4.88. The summed E-state index contributed by atoms with van der Waals surface area (Å²) in [6.07, 6.45) is 1.66. The van der Waals surface area contributed by atoms with Crippen molar-refractivity contribution in [2.24, 2.45) is 0 Å². The Morgan fingerprint density at radius 2 is 2.20 bits per heavy atom. The average molecular weight is 287 g/mol. The summed E-state index contributed by atoms with van der Waals surface area (Å²) in [7, 11) is 0. The van der Waals surface area contributed by atoms with Gasteiger partial charge in [-0.2, -0.15) is 4.68 Å². The van der Waals surface area contributed by atoms with Crippen LogP contribution in [0.15, 0.2) is 41.7 Å². The predicted molar refractivity (Wildman–Crippen MR) is 72.8 cm³/mol. The van der Waals surface area contributed by atoms with E-state index in [-0.39, 0.29) is 5.75 Å². The Balaban J connectivity index is 1.98. The Bertz CT molecular complexity index is 773. The highest BCUT2D eigenvalue weighted by molar-refractivity contribution is 7.99. The Labute approximate surface area is 117 Å². The molecule has 1 N–H and O–H groups in total. The van der Waals surface area contributed by atoms with Gasteiger partial charge in [-0.1, -0.05) is 30.0 Å². The van der Waals surface area contributed by atoms with Gasteiger partial charge in [0.15, 0.2) is 0 Å². The summed E-state index contributed by atoms with van der Waals surface area (Å²) in [6, 6.07) is 9.61. The van der Waals surface area contributed by atoms with E-state index in [1.165, 1.54) is 4.68 Å². The molecular weight excluding hydrogens is 278 g/mol. The SMILES string of the molecule is O=C(O)CSc1nnnn1-c1cnc2ccccc2c1. The van der Waals surface area contributed by atoms with E-state index >= 15 is 0 Å². The van der Waals surface area contributed by atoms with Crippen LogP contribution < -0.4 is 0 Å². The van der Waals surface area contributed by atoms with Crippen LogP contribution in [0.4, 0.5) is 0 Å². The maximum Gasteiger partial charge on any atom is 0.313 e. The Morgan fingerprint density at radius 1 is 1.35 bits per heavy atom. The zero-order chi connectivity index (χ0) is 13.9. The molecule has 2 heterocycles. The van der Waals surface area contributed by atoms with Crippen LogP contribution in [0.2, 0.25) is 0 Å². The fourth-order valence-corrected chi connectivity index (χ4v) is 2.34. The molecule has 0 unspecified atom stereocenters. The third kappa shape index (κ3) is 2.45. The summed E-state index contributed by atoms with van der Waals surface area (Å²) in [5, 5.41) is 21.4. The molecule has 100 valence electrons. The molecule has 0 saturated heterocycles. The third-order valence-electron chi connectivity index (χ3n) is 2.59. The van der Waals surface area contributed by atoms with Gasteiger partial charge in [-0.15, -0.1) is 5.10 Å². The van der Waals surface area contributed by atoms with Gasteiger partial charge in [0, 0.05) is 5.39 Å². The first kappa shape index (κ1) is 12.5. The summed E-state index contributed by atoms with van der Waals surface area (Å²) in [5.74, 6) is -1.01. The van der Waals surface area contributed by atoms with E-state index < -0.39 is 5.97 Å². The minimum Gasteiger partial charge on any atom is -0.481 e. The zero-order valence-corrected chi connectivity index (χ0v) is 11.0.